The summed E-state index contributed by atoms with van der Waals surface area (Å²) in [6.07, 6.45) is 3.44. The fourth-order valence-corrected chi connectivity index (χ4v) is 4.11. The molecule has 0 radical (unpaired) electrons. The lowest BCUT2D eigenvalue weighted by Gasteiger charge is -2.23. The number of nitrogens with zero attached hydrogens (tertiary/aromatic N) is 2. The summed E-state index contributed by atoms with van der Waals surface area (Å²) in [5, 5.41) is 11.9. The Morgan fingerprint density at radius 3 is 2.89 bits per heavy atom. The summed E-state index contributed by atoms with van der Waals surface area (Å²) in [4.78, 5) is 33.8. The number of nitrogens with two attached hydrogens (primary N) is 1. The summed E-state index contributed by atoms with van der Waals surface area (Å²) in [6.45, 7) is 2.13. The van der Waals surface area contributed by atoms with Gasteiger partial charge in [-0.3, -0.25) is 4.79 Å². The Labute approximate surface area is 207 Å². The molecule has 1 fully saturated rings. The highest BCUT2D eigenvalue weighted by Crippen LogP contribution is 2.34. The minimum atomic E-state index is -0.359. The average Bonchev–Trinajstić information content (AvgIpc) is 3.36. The van der Waals surface area contributed by atoms with Crippen LogP contribution in [0.15, 0.2) is 48.7 Å². The first-order chi connectivity index (χ1) is 17.5. The molecule has 0 spiro atoms. The van der Waals surface area contributed by atoms with Crippen LogP contribution in [-0.2, 0) is 6.54 Å². The van der Waals surface area contributed by atoms with Gasteiger partial charge in [0, 0.05) is 36.4 Å². The number of amides is 3. The Morgan fingerprint density at radius 1 is 1.14 bits per heavy atom. The lowest BCUT2D eigenvalue weighted by Crippen LogP contribution is -2.46. The highest BCUT2D eigenvalue weighted by atomic mass is 16.7. The summed E-state index contributed by atoms with van der Waals surface area (Å²) in [5.41, 5.74) is 8.78. The van der Waals surface area contributed by atoms with E-state index in [-0.39, 0.29) is 42.8 Å². The maximum Gasteiger partial charge on any atom is 0.319 e. The van der Waals surface area contributed by atoms with E-state index in [2.05, 4.69) is 31.2 Å². The zero-order chi connectivity index (χ0) is 24.9. The first-order valence-electron chi connectivity index (χ1n) is 11.7. The molecule has 186 valence electrons. The fourth-order valence-electron chi connectivity index (χ4n) is 4.11. The van der Waals surface area contributed by atoms with Crippen LogP contribution in [0.5, 0.6) is 11.5 Å². The summed E-state index contributed by atoms with van der Waals surface area (Å²) in [6, 6.07) is 12.4. The molecule has 0 bridgehead atoms. The molecule has 5 rings (SSSR count). The van der Waals surface area contributed by atoms with E-state index in [0.29, 0.717) is 22.9 Å². The SMILES string of the molecule is Nc1ncc(-c2cccc(CNC(=O)Nc3ccc4c(c3)OCO4)c2)nc1C(=O)N[C@H]1CCCNC1. The molecule has 1 aromatic heterocycles. The van der Waals surface area contributed by atoms with E-state index >= 15 is 0 Å². The van der Waals surface area contributed by atoms with Gasteiger partial charge < -0.3 is 36.5 Å². The highest BCUT2D eigenvalue weighted by Gasteiger charge is 2.20. The van der Waals surface area contributed by atoms with Crippen LogP contribution in [-0.4, -0.2) is 47.8 Å². The van der Waals surface area contributed by atoms with Gasteiger partial charge in [-0.25, -0.2) is 14.8 Å². The lowest BCUT2D eigenvalue weighted by atomic mass is 10.1. The van der Waals surface area contributed by atoms with Crippen molar-refractivity contribution in [2.45, 2.75) is 25.4 Å². The number of fused-ring (bicyclic) bond motifs is 1. The molecule has 2 aromatic carbocycles. The number of benzene rings is 2. The van der Waals surface area contributed by atoms with Gasteiger partial charge in [0.2, 0.25) is 6.79 Å². The van der Waals surface area contributed by atoms with Crippen molar-refractivity contribution < 1.29 is 19.1 Å². The molecule has 1 atom stereocenters. The maximum atomic E-state index is 12.8. The molecule has 0 unspecified atom stereocenters. The second-order valence-corrected chi connectivity index (χ2v) is 8.58. The quantitative estimate of drug-likeness (QED) is 0.354. The largest absolute Gasteiger partial charge is 0.454 e. The number of hydrogen-bond donors (Lipinski definition) is 5. The first-order valence-corrected chi connectivity index (χ1v) is 11.7. The number of piperidine rings is 1. The van der Waals surface area contributed by atoms with E-state index in [9.17, 15) is 9.59 Å². The average molecular weight is 490 g/mol. The molecule has 0 saturated carbocycles. The van der Waals surface area contributed by atoms with Crippen molar-refractivity contribution in [2.75, 3.05) is 30.9 Å². The first kappa shape index (κ1) is 23.4. The van der Waals surface area contributed by atoms with Gasteiger partial charge >= 0.3 is 6.03 Å². The van der Waals surface area contributed by atoms with Gasteiger partial charge in [0.25, 0.3) is 5.91 Å². The monoisotopic (exact) mass is 489 g/mol. The number of nitrogen functional groups attached to an aromatic ring is 1. The van der Waals surface area contributed by atoms with Gasteiger partial charge in [0.1, 0.15) is 0 Å². The number of nitrogens with one attached hydrogen (secondary N) is 4. The van der Waals surface area contributed by atoms with E-state index in [1.807, 2.05) is 24.3 Å². The number of hydrogen-bond acceptors (Lipinski definition) is 8. The summed E-state index contributed by atoms with van der Waals surface area (Å²) in [7, 11) is 0. The third kappa shape index (κ3) is 5.47. The van der Waals surface area contributed by atoms with Crippen LogP contribution in [0, 0.1) is 0 Å². The Kier molecular flexibility index (Phi) is 6.80. The molecule has 11 heteroatoms. The molecular weight excluding hydrogens is 462 g/mol. The molecule has 0 aliphatic carbocycles. The second-order valence-electron chi connectivity index (χ2n) is 8.58. The molecule has 3 aromatic rings. The van der Waals surface area contributed by atoms with Crippen LogP contribution in [0.3, 0.4) is 0 Å². The molecule has 36 heavy (non-hydrogen) atoms. The molecule has 1 saturated heterocycles. The van der Waals surface area contributed by atoms with Gasteiger partial charge in [0.15, 0.2) is 23.0 Å². The van der Waals surface area contributed by atoms with E-state index in [0.717, 1.165) is 37.1 Å². The number of carbonyl (C=O) groups excluding carboxylic acids is 2. The maximum absolute atomic E-state index is 12.8. The molecule has 3 amide bonds. The number of anilines is 2. The van der Waals surface area contributed by atoms with Crippen molar-refractivity contribution >= 4 is 23.4 Å². The van der Waals surface area contributed by atoms with Crippen LogP contribution >= 0.6 is 0 Å². The number of rotatable bonds is 6. The molecule has 2 aliphatic heterocycles. The van der Waals surface area contributed by atoms with Crippen molar-refractivity contribution in [1.82, 2.24) is 25.9 Å². The zero-order valence-electron chi connectivity index (χ0n) is 19.5. The molecule has 3 heterocycles. The van der Waals surface area contributed by atoms with Crippen molar-refractivity contribution in [2.24, 2.45) is 0 Å². The smallest absolute Gasteiger partial charge is 0.319 e. The normalized spacial score (nSPS) is 16.3. The Bertz CT molecular complexity index is 1280. The van der Waals surface area contributed by atoms with Crippen molar-refractivity contribution in [3.05, 3.63) is 59.9 Å². The third-order valence-corrected chi connectivity index (χ3v) is 5.95. The molecule has 11 nitrogen and oxygen atoms in total. The summed E-state index contributed by atoms with van der Waals surface area (Å²) < 4.78 is 10.6. The highest BCUT2D eigenvalue weighted by molar-refractivity contribution is 5.97. The summed E-state index contributed by atoms with van der Waals surface area (Å²) >= 11 is 0. The van der Waals surface area contributed by atoms with Crippen LogP contribution in [0.4, 0.5) is 16.3 Å². The second kappa shape index (κ2) is 10.5. The number of aromatic nitrogens is 2. The number of ether oxygens (including phenoxy) is 2. The zero-order valence-corrected chi connectivity index (χ0v) is 19.5. The van der Waals surface area contributed by atoms with Crippen LogP contribution in [0.1, 0.15) is 28.9 Å². The van der Waals surface area contributed by atoms with Gasteiger partial charge in [-0.1, -0.05) is 18.2 Å². The van der Waals surface area contributed by atoms with E-state index in [4.69, 9.17) is 15.2 Å². The molecular formula is C25H27N7O4. The third-order valence-electron chi connectivity index (χ3n) is 5.95. The van der Waals surface area contributed by atoms with Gasteiger partial charge in [-0.05, 0) is 43.1 Å². The Balaban J connectivity index is 1.22. The predicted octanol–water partition coefficient (Wildman–Crippen LogP) is 2.26. The predicted molar refractivity (Wildman–Crippen MR) is 134 cm³/mol. The van der Waals surface area contributed by atoms with Crippen LogP contribution in [0.2, 0.25) is 0 Å². The van der Waals surface area contributed by atoms with E-state index in [1.54, 1.807) is 18.2 Å². The lowest BCUT2D eigenvalue weighted by molar-refractivity contribution is 0.0926. The van der Waals surface area contributed by atoms with Gasteiger partial charge in [0.05, 0.1) is 11.9 Å². The standard InChI is InChI=1S/C25H27N7O4/c26-23-22(24(33)30-18-5-2-8-27-12-18)32-19(13-28-23)16-4-1-3-15(9-16)11-29-25(34)31-17-6-7-20-21(10-17)36-14-35-20/h1,3-4,6-7,9-10,13,18,27H,2,5,8,11-12,14H2,(H2,26,28)(H,30,33)(H2,29,31,34)/t18-/m0/s1. The van der Waals surface area contributed by atoms with Crippen LogP contribution < -0.4 is 36.5 Å². The van der Waals surface area contributed by atoms with E-state index < -0.39 is 0 Å². The van der Waals surface area contributed by atoms with Crippen molar-refractivity contribution in [3.63, 3.8) is 0 Å². The van der Waals surface area contributed by atoms with Gasteiger partial charge in [-0.2, -0.15) is 0 Å². The minimum absolute atomic E-state index is 0.0364. The fraction of sp³-hybridized carbons (Fsp3) is 0.280. The minimum Gasteiger partial charge on any atom is -0.454 e. The Hall–Kier alpha value is -4.38. The summed E-state index contributed by atoms with van der Waals surface area (Å²) in [5.74, 6) is 0.982. The molecule has 2 aliphatic rings. The van der Waals surface area contributed by atoms with Crippen molar-refractivity contribution in [1.29, 1.82) is 0 Å². The number of urea groups is 1. The molecule has 6 N–H and O–H groups in total. The Morgan fingerprint density at radius 2 is 2.03 bits per heavy atom. The van der Waals surface area contributed by atoms with Gasteiger partial charge in [-0.15, -0.1) is 0 Å². The van der Waals surface area contributed by atoms with Crippen molar-refractivity contribution in [3.8, 4) is 22.8 Å². The number of carbonyl (C=O) groups is 2. The van der Waals surface area contributed by atoms with E-state index in [1.165, 1.54) is 6.20 Å². The topological polar surface area (TPSA) is 153 Å². The van der Waals surface area contributed by atoms with Crippen LogP contribution in [0.25, 0.3) is 11.3 Å².